The Morgan fingerprint density at radius 3 is 1.84 bits per heavy atom. The minimum atomic E-state index is -1.35. The van der Waals surface area contributed by atoms with E-state index in [0.717, 1.165) is 18.2 Å². The quantitative estimate of drug-likeness (QED) is 0.539. The molecule has 19 heavy (non-hydrogen) atoms. The highest BCUT2D eigenvalue weighted by atomic mass is 16.5. The SMILES string of the molecule is CCOC(=O)C(=N)c1cc(C(=O)O)cc(C(=O)O)c1. The molecule has 7 heteroatoms. The molecule has 0 aliphatic carbocycles. The van der Waals surface area contributed by atoms with Crippen molar-refractivity contribution >= 4 is 23.6 Å². The van der Waals surface area contributed by atoms with Gasteiger partial charge < -0.3 is 14.9 Å². The first kappa shape index (κ1) is 14.4. The number of aromatic carboxylic acids is 2. The minimum absolute atomic E-state index is 0.0611. The highest BCUT2D eigenvalue weighted by Gasteiger charge is 2.18. The van der Waals surface area contributed by atoms with Crippen LogP contribution in [0.25, 0.3) is 0 Å². The lowest BCUT2D eigenvalue weighted by atomic mass is 10.0. The van der Waals surface area contributed by atoms with Crippen molar-refractivity contribution in [3.05, 3.63) is 34.9 Å². The van der Waals surface area contributed by atoms with Crippen LogP contribution in [0.4, 0.5) is 0 Å². The minimum Gasteiger partial charge on any atom is -0.478 e. The lowest BCUT2D eigenvalue weighted by molar-refractivity contribution is -0.135. The number of rotatable bonds is 5. The molecule has 0 bridgehead atoms. The molecule has 0 aliphatic rings. The molecule has 0 unspecified atom stereocenters. The van der Waals surface area contributed by atoms with Crippen LogP contribution in [0.1, 0.15) is 33.2 Å². The van der Waals surface area contributed by atoms with Gasteiger partial charge in [0.25, 0.3) is 0 Å². The standard InChI is InChI=1S/C12H11NO6/c1-2-19-12(18)9(13)6-3-7(10(14)15)5-8(4-6)11(16)17/h3-5,13H,2H2,1H3,(H,14,15)(H,16,17). The average Bonchev–Trinajstić information content (AvgIpc) is 2.37. The monoisotopic (exact) mass is 265 g/mol. The van der Waals surface area contributed by atoms with Crippen molar-refractivity contribution in [2.45, 2.75) is 6.92 Å². The number of carboxylic acid groups (broad SMARTS) is 2. The molecule has 7 nitrogen and oxygen atoms in total. The zero-order chi connectivity index (χ0) is 14.6. The first-order chi connectivity index (χ1) is 8.86. The van der Waals surface area contributed by atoms with Gasteiger partial charge in [-0.1, -0.05) is 0 Å². The summed E-state index contributed by atoms with van der Waals surface area (Å²) < 4.78 is 4.60. The van der Waals surface area contributed by atoms with Crippen molar-refractivity contribution in [2.24, 2.45) is 0 Å². The third-order valence-corrected chi connectivity index (χ3v) is 2.20. The molecular formula is C12H11NO6. The molecule has 1 rings (SSSR count). The van der Waals surface area contributed by atoms with Gasteiger partial charge in [-0.15, -0.1) is 0 Å². The van der Waals surface area contributed by atoms with Gasteiger partial charge in [0.2, 0.25) is 0 Å². The van der Waals surface area contributed by atoms with E-state index in [-0.39, 0.29) is 23.3 Å². The largest absolute Gasteiger partial charge is 0.478 e. The van der Waals surface area contributed by atoms with Crippen LogP contribution in [0, 0.1) is 5.41 Å². The maximum Gasteiger partial charge on any atom is 0.356 e. The fourth-order valence-corrected chi connectivity index (χ4v) is 1.34. The Balaban J connectivity index is 3.27. The van der Waals surface area contributed by atoms with E-state index in [2.05, 4.69) is 4.74 Å². The number of esters is 1. The molecule has 0 radical (unpaired) electrons. The first-order valence-electron chi connectivity index (χ1n) is 5.24. The summed E-state index contributed by atoms with van der Waals surface area (Å²) in [6.45, 7) is 1.62. The lowest BCUT2D eigenvalue weighted by Gasteiger charge is -2.06. The van der Waals surface area contributed by atoms with E-state index in [0.29, 0.717) is 0 Å². The predicted octanol–water partition coefficient (Wildman–Crippen LogP) is 1.01. The summed E-state index contributed by atoms with van der Waals surface area (Å²) in [5, 5.41) is 25.3. The van der Waals surface area contributed by atoms with Crippen LogP contribution >= 0.6 is 0 Å². The van der Waals surface area contributed by atoms with Gasteiger partial charge in [0, 0.05) is 5.56 Å². The number of hydrogen-bond acceptors (Lipinski definition) is 5. The zero-order valence-electron chi connectivity index (χ0n) is 9.97. The molecule has 0 saturated heterocycles. The van der Waals surface area contributed by atoms with Gasteiger partial charge >= 0.3 is 17.9 Å². The van der Waals surface area contributed by atoms with E-state index in [1.165, 1.54) is 0 Å². The summed E-state index contributed by atoms with van der Waals surface area (Å²) in [6, 6.07) is 3.05. The Bertz CT molecular complexity index is 531. The van der Waals surface area contributed by atoms with E-state index in [4.69, 9.17) is 15.6 Å². The Morgan fingerprint density at radius 1 is 1.05 bits per heavy atom. The molecule has 0 aliphatic heterocycles. The van der Waals surface area contributed by atoms with E-state index in [9.17, 15) is 14.4 Å². The summed E-state index contributed by atoms with van der Waals surface area (Å²) >= 11 is 0. The number of benzene rings is 1. The zero-order valence-corrected chi connectivity index (χ0v) is 9.97. The molecule has 0 fully saturated rings. The number of carboxylic acids is 2. The summed E-state index contributed by atoms with van der Waals surface area (Å²) in [6.07, 6.45) is 0. The van der Waals surface area contributed by atoms with Crippen LogP contribution < -0.4 is 0 Å². The summed E-state index contributed by atoms with van der Waals surface area (Å²) in [4.78, 5) is 33.1. The molecule has 3 N–H and O–H groups in total. The second kappa shape index (κ2) is 5.76. The van der Waals surface area contributed by atoms with Gasteiger partial charge in [0.05, 0.1) is 17.7 Å². The van der Waals surface area contributed by atoms with Crippen LogP contribution in [0.3, 0.4) is 0 Å². The van der Waals surface area contributed by atoms with E-state index >= 15 is 0 Å². The normalized spacial score (nSPS) is 9.74. The van der Waals surface area contributed by atoms with Crippen LogP contribution in [-0.4, -0.2) is 40.4 Å². The lowest BCUT2D eigenvalue weighted by Crippen LogP contribution is -2.19. The summed E-state index contributed by atoms with van der Waals surface area (Å²) in [5.74, 6) is -3.64. The molecule has 0 atom stereocenters. The van der Waals surface area contributed by atoms with E-state index in [1.807, 2.05) is 0 Å². The Hall–Kier alpha value is -2.70. The fraction of sp³-hybridized carbons (Fsp3) is 0.167. The van der Waals surface area contributed by atoms with Crippen molar-refractivity contribution in [1.82, 2.24) is 0 Å². The predicted molar refractivity (Wildman–Crippen MR) is 63.8 cm³/mol. The average molecular weight is 265 g/mol. The van der Waals surface area contributed by atoms with Crippen LogP contribution in [-0.2, 0) is 9.53 Å². The van der Waals surface area contributed by atoms with Crippen LogP contribution in [0.5, 0.6) is 0 Å². The van der Waals surface area contributed by atoms with Crippen molar-refractivity contribution < 1.29 is 29.3 Å². The third-order valence-electron chi connectivity index (χ3n) is 2.20. The number of carbonyl (C=O) groups is 3. The smallest absolute Gasteiger partial charge is 0.356 e. The van der Waals surface area contributed by atoms with Crippen molar-refractivity contribution in [3.8, 4) is 0 Å². The molecule has 0 saturated carbocycles. The second-order valence-electron chi connectivity index (χ2n) is 3.50. The van der Waals surface area contributed by atoms with Crippen LogP contribution in [0.15, 0.2) is 18.2 Å². The first-order valence-corrected chi connectivity index (χ1v) is 5.24. The Labute approximate surface area is 107 Å². The number of ether oxygens (including phenoxy) is 1. The maximum absolute atomic E-state index is 11.4. The van der Waals surface area contributed by atoms with Gasteiger partial charge in [-0.3, -0.25) is 5.41 Å². The number of nitrogens with one attached hydrogen (secondary N) is 1. The van der Waals surface area contributed by atoms with Gasteiger partial charge in [-0.05, 0) is 25.1 Å². The number of hydrogen-bond donors (Lipinski definition) is 3. The fourth-order valence-electron chi connectivity index (χ4n) is 1.34. The second-order valence-corrected chi connectivity index (χ2v) is 3.50. The van der Waals surface area contributed by atoms with Crippen molar-refractivity contribution in [2.75, 3.05) is 6.61 Å². The van der Waals surface area contributed by atoms with Gasteiger partial charge in [-0.2, -0.15) is 0 Å². The van der Waals surface area contributed by atoms with Gasteiger partial charge in [0.1, 0.15) is 5.71 Å². The highest BCUT2D eigenvalue weighted by molar-refractivity contribution is 6.42. The van der Waals surface area contributed by atoms with Crippen molar-refractivity contribution in [1.29, 1.82) is 5.41 Å². The Kier molecular flexibility index (Phi) is 4.36. The van der Waals surface area contributed by atoms with Crippen molar-refractivity contribution in [3.63, 3.8) is 0 Å². The Morgan fingerprint density at radius 2 is 1.47 bits per heavy atom. The summed E-state index contributed by atoms with van der Waals surface area (Å²) in [5.41, 5.74) is -1.34. The molecule has 0 aromatic heterocycles. The molecule has 0 heterocycles. The molecule has 1 aromatic rings. The molecule has 0 amide bonds. The maximum atomic E-state index is 11.4. The third kappa shape index (κ3) is 3.38. The molecule has 0 spiro atoms. The van der Waals surface area contributed by atoms with Gasteiger partial charge in [-0.25, -0.2) is 14.4 Å². The summed E-state index contributed by atoms with van der Waals surface area (Å²) in [7, 11) is 0. The molecule has 100 valence electrons. The molecule has 1 aromatic carbocycles. The van der Waals surface area contributed by atoms with Gasteiger partial charge in [0.15, 0.2) is 0 Å². The van der Waals surface area contributed by atoms with E-state index < -0.39 is 23.6 Å². The topological polar surface area (TPSA) is 125 Å². The number of carbonyl (C=O) groups excluding carboxylic acids is 1. The van der Waals surface area contributed by atoms with Crippen LogP contribution in [0.2, 0.25) is 0 Å². The van der Waals surface area contributed by atoms with E-state index in [1.54, 1.807) is 6.92 Å². The highest BCUT2D eigenvalue weighted by Crippen LogP contribution is 2.12. The molecular weight excluding hydrogens is 254 g/mol.